The number of nitrogens with two attached hydrogens (primary N) is 1. The summed E-state index contributed by atoms with van der Waals surface area (Å²) in [6.07, 6.45) is 0. The van der Waals surface area contributed by atoms with E-state index in [4.69, 9.17) is 15.6 Å². The molecule has 0 aromatic heterocycles. The number of ether oxygens (including phenoxy) is 1. The van der Waals surface area contributed by atoms with Gasteiger partial charge in [-0.1, -0.05) is 0 Å². The highest BCUT2D eigenvalue weighted by molar-refractivity contribution is 9.10. The summed E-state index contributed by atoms with van der Waals surface area (Å²) in [4.78, 5) is 0. The van der Waals surface area contributed by atoms with Crippen molar-refractivity contribution >= 4 is 21.6 Å². The summed E-state index contributed by atoms with van der Waals surface area (Å²) in [5, 5.41) is 8.49. The average molecular weight is 250 g/mol. The quantitative estimate of drug-likeness (QED) is 0.800. The molecule has 0 aliphatic heterocycles. The van der Waals surface area contributed by atoms with E-state index in [0.717, 1.165) is 6.07 Å². The fourth-order valence-electron chi connectivity index (χ4n) is 0.825. The van der Waals surface area contributed by atoms with E-state index in [0.29, 0.717) is 5.75 Å². The molecule has 72 valence electrons. The third-order valence-corrected chi connectivity index (χ3v) is 2.01. The van der Waals surface area contributed by atoms with Crippen molar-refractivity contribution in [3.05, 3.63) is 22.4 Å². The Balaban J connectivity index is 2.88. The van der Waals surface area contributed by atoms with Crippen LogP contribution in [-0.2, 0) is 0 Å². The Bertz CT molecular complexity index is 306. The first kappa shape index (κ1) is 10.3. The molecular weight excluding hydrogens is 241 g/mol. The summed E-state index contributed by atoms with van der Waals surface area (Å²) in [6.45, 7) is 0.0384. The van der Waals surface area contributed by atoms with Crippen molar-refractivity contribution in [2.75, 3.05) is 18.9 Å². The zero-order valence-electron chi connectivity index (χ0n) is 6.76. The molecule has 3 N–H and O–H groups in total. The van der Waals surface area contributed by atoms with Gasteiger partial charge in [0.05, 0.1) is 16.8 Å². The first-order chi connectivity index (χ1) is 6.15. The van der Waals surface area contributed by atoms with E-state index in [1.165, 1.54) is 6.07 Å². The second-order valence-corrected chi connectivity index (χ2v) is 3.23. The molecule has 5 heteroatoms. The number of aliphatic hydroxyl groups excluding tert-OH is 1. The summed E-state index contributed by atoms with van der Waals surface area (Å²) < 4.78 is 18.2. The minimum atomic E-state index is -0.436. The third kappa shape index (κ3) is 2.57. The lowest BCUT2D eigenvalue weighted by Gasteiger charge is -2.08. The molecule has 0 heterocycles. The van der Waals surface area contributed by atoms with Crippen molar-refractivity contribution in [2.24, 2.45) is 0 Å². The minimum absolute atomic E-state index is 0.103. The highest BCUT2D eigenvalue weighted by Crippen LogP contribution is 2.28. The fourth-order valence-corrected chi connectivity index (χ4v) is 1.15. The second-order valence-electron chi connectivity index (χ2n) is 2.38. The number of nitrogen functional groups attached to an aromatic ring is 1. The Labute approximate surface area is 83.4 Å². The number of hydrogen-bond acceptors (Lipinski definition) is 3. The summed E-state index contributed by atoms with van der Waals surface area (Å²) in [5.41, 5.74) is 5.68. The van der Waals surface area contributed by atoms with Gasteiger partial charge in [-0.3, -0.25) is 0 Å². The van der Waals surface area contributed by atoms with Crippen molar-refractivity contribution in [1.29, 1.82) is 0 Å². The van der Waals surface area contributed by atoms with Gasteiger partial charge in [0.1, 0.15) is 18.2 Å². The van der Waals surface area contributed by atoms with Crippen LogP contribution in [0, 0.1) is 5.82 Å². The second kappa shape index (κ2) is 4.43. The molecule has 1 aromatic rings. The number of benzene rings is 1. The highest BCUT2D eigenvalue weighted by Gasteiger charge is 2.06. The van der Waals surface area contributed by atoms with Gasteiger partial charge in [0.25, 0.3) is 0 Å². The van der Waals surface area contributed by atoms with Crippen LogP contribution in [-0.4, -0.2) is 18.3 Å². The number of rotatable bonds is 3. The molecule has 0 unspecified atom stereocenters. The zero-order chi connectivity index (χ0) is 9.84. The van der Waals surface area contributed by atoms with E-state index in [9.17, 15) is 4.39 Å². The molecule has 0 amide bonds. The fraction of sp³-hybridized carbons (Fsp3) is 0.250. The molecule has 0 radical (unpaired) electrons. The van der Waals surface area contributed by atoms with Crippen molar-refractivity contribution in [3.8, 4) is 5.75 Å². The van der Waals surface area contributed by atoms with Gasteiger partial charge >= 0.3 is 0 Å². The highest BCUT2D eigenvalue weighted by atomic mass is 79.9. The van der Waals surface area contributed by atoms with E-state index < -0.39 is 5.82 Å². The maximum Gasteiger partial charge on any atom is 0.143 e. The van der Waals surface area contributed by atoms with Gasteiger partial charge in [-0.05, 0) is 22.0 Å². The van der Waals surface area contributed by atoms with Crippen molar-refractivity contribution < 1.29 is 14.2 Å². The smallest absolute Gasteiger partial charge is 0.143 e. The van der Waals surface area contributed by atoms with Gasteiger partial charge in [0, 0.05) is 6.07 Å². The molecule has 0 atom stereocenters. The number of halogens is 2. The molecule has 0 saturated heterocycles. The zero-order valence-corrected chi connectivity index (χ0v) is 8.34. The maximum absolute atomic E-state index is 12.8. The Hall–Kier alpha value is -0.810. The standard InChI is InChI=1S/C8H9BrFNO2/c9-5-3-8(13-2-1-12)7(11)4-6(5)10/h3-4,12H,1-2,11H2. The molecule has 0 fully saturated rings. The van der Waals surface area contributed by atoms with Crippen LogP contribution in [0.15, 0.2) is 16.6 Å². The molecule has 0 saturated carbocycles. The molecule has 13 heavy (non-hydrogen) atoms. The van der Waals surface area contributed by atoms with E-state index in [1.54, 1.807) is 0 Å². The Morgan fingerprint density at radius 3 is 2.85 bits per heavy atom. The van der Waals surface area contributed by atoms with Crippen LogP contribution in [0.25, 0.3) is 0 Å². The Kier molecular flexibility index (Phi) is 3.50. The third-order valence-electron chi connectivity index (χ3n) is 1.40. The van der Waals surface area contributed by atoms with E-state index in [1.807, 2.05) is 0 Å². The molecule has 3 nitrogen and oxygen atoms in total. The average Bonchev–Trinajstić information content (AvgIpc) is 2.09. The van der Waals surface area contributed by atoms with Crippen molar-refractivity contribution in [1.82, 2.24) is 0 Å². The van der Waals surface area contributed by atoms with E-state index in [-0.39, 0.29) is 23.4 Å². The number of aliphatic hydroxyl groups is 1. The predicted molar refractivity (Wildman–Crippen MR) is 51.1 cm³/mol. The summed E-state index contributed by atoms with van der Waals surface area (Å²) in [6, 6.07) is 2.59. The summed E-state index contributed by atoms with van der Waals surface area (Å²) >= 11 is 3.00. The molecule has 1 aromatic carbocycles. The first-order valence-electron chi connectivity index (χ1n) is 3.63. The minimum Gasteiger partial charge on any atom is -0.489 e. The molecule has 1 rings (SSSR count). The summed E-state index contributed by atoms with van der Waals surface area (Å²) in [5.74, 6) is -0.0730. The number of hydrogen-bond donors (Lipinski definition) is 2. The van der Waals surface area contributed by atoms with Gasteiger partial charge in [-0.2, -0.15) is 0 Å². The van der Waals surface area contributed by atoms with Crippen LogP contribution >= 0.6 is 15.9 Å². The maximum atomic E-state index is 12.8. The lowest BCUT2D eigenvalue weighted by molar-refractivity contribution is 0.202. The Morgan fingerprint density at radius 2 is 2.23 bits per heavy atom. The van der Waals surface area contributed by atoms with Gasteiger partial charge in [-0.25, -0.2) is 4.39 Å². The van der Waals surface area contributed by atoms with Crippen LogP contribution in [0.3, 0.4) is 0 Å². The van der Waals surface area contributed by atoms with Gasteiger partial charge < -0.3 is 15.6 Å². The van der Waals surface area contributed by atoms with Crippen molar-refractivity contribution in [2.45, 2.75) is 0 Å². The predicted octanol–water partition coefficient (Wildman–Crippen LogP) is 1.54. The monoisotopic (exact) mass is 249 g/mol. The normalized spacial score (nSPS) is 10.1. The summed E-state index contributed by atoms with van der Waals surface area (Å²) in [7, 11) is 0. The van der Waals surface area contributed by atoms with Crippen LogP contribution in [0.5, 0.6) is 5.75 Å². The van der Waals surface area contributed by atoms with Crippen LogP contribution in [0.2, 0.25) is 0 Å². The van der Waals surface area contributed by atoms with Crippen LogP contribution in [0.4, 0.5) is 10.1 Å². The lowest BCUT2D eigenvalue weighted by atomic mass is 10.3. The van der Waals surface area contributed by atoms with E-state index >= 15 is 0 Å². The van der Waals surface area contributed by atoms with Crippen molar-refractivity contribution in [3.63, 3.8) is 0 Å². The van der Waals surface area contributed by atoms with Gasteiger partial charge in [0.15, 0.2) is 0 Å². The van der Waals surface area contributed by atoms with Gasteiger partial charge in [-0.15, -0.1) is 0 Å². The van der Waals surface area contributed by atoms with Gasteiger partial charge in [0.2, 0.25) is 0 Å². The van der Waals surface area contributed by atoms with Crippen LogP contribution < -0.4 is 10.5 Å². The Morgan fingerprint density at radius 1 is 1.54 bits per heavy atom. The number of anilines is 1. The van der Waals surface area contributed by atoms with E-state index in [2.05, 4.69) is 15.9 Å². The molecule has 0 aliphatic carbocycles. The largest absolute Gasteiger partial charge is 0.489 e. The molecule has 0 spiro atoms. The molecule has 0 aliphatic rings. The lowest BCUT2D eigenvalue weighted by Crippen LogP contribution is -2.04. The first-order valence-corrected chi connectivity index (χ1v) is 4.42. The SMILES string of the molecule is Nc1cc(F)c(Br)cc1OCCO. The molecule has 0 bridgehead atoms. The van der Waals surface area contributed by atoms with Crippen LogP contribution in [0.1, 0.15) is 0 Å². The molecular formula is C8H9BrFNO2. The topological polar surface area (TPSA) is 55.5 Å².